The van der Waals surface area contributed by atoms with E-state index >= 15 is 0 Å². The van der Waals surface area contributed by atoms with Crippen LogP contribution in [-0.4, -0.2) is 25.0 Å². The molecule has 0 aliphatic heterocycles. The van der Waals surface area contributed by atoms with Gasteiger partial charge in [-0.2, -0.15) is 0 Å². The van der Waals surface area contributed by atoms with Crippen LogP contribution in [0.3, 0.4) is 0 Å². The summed E-state index contributed by atoms with van der Waals surface area (Å²) in [6.45, 7) is 0.669. The maximum Gasteiger partial charge on any atom is 0.340 e. The van der Waals surface area contributed by atoms with Gasteiger partial charge in [0.15, 0.2) is 6.61 Å². The number of furan rings is 1. The summed E-state index contributed by atoms with van der Waals surface area (Å²) in [4.78, 5) is 24.3. The van der Waals surface area contributed by atoms with E-state index in [1.165, 1.54) is 5.56 Å². The van der Waals surface area contributed by atoms with E-state index in [9.17, 15) is 9.59 Å². The van der Waals surface area contributed by atoms with Crippen LogP contribution in [0.25, 0.3) is 0 Å². The molecular formula is C23H24N2O4. The van der Waals surface area contributed by atoms with E-state index < -0.39 is 5.97 Å². The number of hydrogen-bond donors (Lipinski definition) is 2. The number of aryl methyl sites for hydroxylation is 1. The fraction of sp³-hybridized carbons (Fsp3) is 0.217. The van der Waals surface area contributed by atoms with Crippen molar-refractivity contribution in [1.82, 2.24) is 5.32 Å². The van der Waals surface area contributed by atoms with Gasteiger partial charge in [0.2, 0.25) is 0 Å². The summed E-state index contributed by atoms with van der Waals surface area (Å²) < 4.78 is 10.4. The molecule has 1 aromatic heterocycles. The summed E-state index contributed by atoms with van der Waals surface area (Å²) in [7, 11) is 0. The summed E-state index contributed by atoms with van der Waals surface area (Å²) in [5, 5.41) is 5.92. The minimum Gasteiger partial charge on any atom is -0.467 e. The van der Waals surface area contributed by atoms with Crippen LogP contribution >= 0.6 is 0 Å². The SMILES string of the molecule is O=C(COC(=O)c1ccccc1NCc1ccco1)NCCCc1ccccc1. The van der Waals surface area contributed by atoms with E-state index in [-0.39, 0.29) is 12.5 Å². The largest absolute Gasteiger partial charge is 0.467 e. The van der Waals surface area contributed by atoms with E-state index in [1.807, 2.05) is 30.3 Å². The number of carbonyl (C=O) groups excluding carboxylic acids is 2. The molecule has 0 aliphatic carbocycles. The molecule has 0 spiro atoms. The molecule has 1 heterocycles. The Morgan fingerprint density at radius 2 is 1.72 bits per heavy atom. The number of amides is 1. The van der Waals surface area contributed by atoms with Crippen LogP contribution in [0.5, 0.6) is 0 Å². The van der Waals surface area contributed by atoms with E-state index in [2.05, 4.69) is 22.8 Å². The maximum absolute atomic E-state index is 12.4. The Labute approximate surface area is 169 Å². The molecule has 3 aromatic rings. The number of ether oxygens (including phenoxy) is 1. The molecular weight excluding hydrogens is 368 g/mol. The third kappa shape index (κ3) is 6.53. The molecule has 0 aliphatic rings. The van der Waals surface area contributed by atoms with Crippen molar-refractivity contribution in [2.45, 2.75) is 19.4 Å². The second kappa shape index (κ2) is 10.7. The molecule has 0 saturated heterocycles. The number of para-hydroxylation sites is 1. The first-order chi connectivity index (χ1) is 14.2. The zero-order valence-electron chi connectivity index (χ0n) is 16.1. The zero-order chi connectivity index (χ0) is 20.3. The van der Waals surface area contributed by atoms with Gasteiger partial charge in [-0.05, 0) is 42.7 Å². The van der Waals surface area contributed by atoms with Gasteiger partial charge in [0, 0.05) is 12.2 Å². The molecule has 0 fully saturated rings. The first-order valence-corrected chi connectivity index (χ1v) is 9.55. The molecule has 0 unspecified atom stereocenters. The third-order valence-electron chi connectivity index (χ3n) is 4.32. The Morgan fingerprint density at radius 3 is 2.52 bits per heavy atom. The van der Waals surface area contributed by atoms with Gasteiger partial charge < -0.3 is 19.8 Å². The summed E-state index contributed by atoms with van der Waals surface area (Å²) in [5.41, 5.74) is 2.22. The molecule has 1 amide bonds. The van der Waals surface area contributed by atoms with Gasteiger partial charge in [-0.3, -0.25) is 4.79 Å². The number of benzene rings is 2. The highest BCUT2D eigenvalue weighted by Crippen LogP contribution is 2.17. The summed E-state index contributed by atoms with van der Waals surface area (Å²) in [6.07, 6.45) is 3.30. The highest BCUT2D eigenvalue weighted by atomic mass is 16.5. The average Bonchev–Trinajstić information content (AvgIpc) is 3.28. The van der Waals surface area contributed by atoms with Crippen LogP contribution in [0.1, 0.15) is 28.1 Å². The summed E-state index contributed by atoms with van der Waals surface area (Å²) >= 11 is 0. The Bertz CT molecular complexity index is 908. The van der Waals surface area contributed by atoms with Crippen LogP contribution in [0.2, 0.25) is 0 Å². The number of carbonyl (C=O) groups is 2. The van der Waals surface area contributed by atoms with Crippen LogP contribution in [0.15, 0.2) is 77.4 Å². The van der Waals surface area contributed by atoms with Gasteiger partial charge in [0.1, 0.15) is 5.76 Å². The van der Waals surface area contributed by atoms with Crippen molar-refractivity contribution in [2.24, 2.45) is 0 Å². The Kier molecular flexibility index (Phi) is 7.46. The van der Waals surface area contributed by atoms with Crippen molar-refractivity contribution < 1.29 is 18.7 Å². The number of anilines is 1. The van der Waals surface area contributed by atoms with Crippen molar-refractivity contribution in [3.63, 3.8) is 0 Å². The second-order valence-electron chi connectivity index (χ2n) is 6.49. The van der Waals surface area contributed by atoms with Crippen molar-refractivity contribution >= 4 is 17.6 Å². The quantitative estimate of drug-likeness (QED) is 0.405. The van der Waals surface area contributed by atoms with Gasteiger partial charge in [0.05, 0.1) is 18.4 Å². The van der Waals surface area contributed by atoms with Crippen LogP contribution in [0.4, 0.5) is 5.69 Å². The first-order valence-electron chi connectivity index (χ1n) is 9.55. The molecule has 6 nitrogen and oxygen atoms in total. The van der Waals surface area contributed by atoms with Crippen molar-refractivity contribution in [2.75, 3.05) is 18.5 Å². The van der Waals surface area contributed by atoms with Crippen molar-refractivity contribution in [3.05, 3.63) is 89.9 Å². The molecule has 6 heteroatoms. The monoisotopic (exact) mass is 392 g/mol. The maximum atomic E-state index is 12.4. The standard InChI is InChI=1S/C23H24N2O4/c26-22(24-14-6-10-18-8-2-1-3-9-18)17-29-23(27)20-12-4-5-13-21(20)25-16-19-11-7-15-28-19/h1-5,7-9,11-13,15,25H,6,10,14,16-17H2,(H,24,26). The Balaban J connectivity index is 1.41. The van der Waals surface area contributed by atoms with Crippen LogP contribution < -0.4 is 10.6 Å². The summed E-state index contributed by atoms with van der Waals surface area (Å²) in [6, 6.07) is 20.7. The number of hydrogen-bond acceptors (Lipinski definition) is 5. The van der Waals surface area contributed by atoms with E-state index in [0.29, 0.717) is 24.3 Å². The number of nitrogens with one attached hydrogen (secondary N) is 2. The normalized spacial score (nSPS) is 10.3. The van der Waals surface area contributed by atoms with E-state index in [0.717, 1.165) is 18.6 Å². The van der Waals surface area contributed by atoms with Gasteiger partial charge >= 0.3 is 5.97 Å². The third-order valence-corrected chi connectivity index (χ3v) is 4.32. The van der Waals surface area contributed by atoms with Crippen LogP contribution in [0, 0.1) is 0 Å². The fourth-order valence-corrected chi connectivity index (χ4v) is 2.84. The van der Waals surface area contributed by atoms with Crippen molar-refractivity contribution in [3.8, 4) is 0 Å². The minimum absolute atomic E-state index is 0.309. The van der Waals surface area contributed by atoms with E-state index in [4.69, 9.17) is 9.15 Å². The predicted molar refractivity (Wildman–Crippen MR) is 111 cm³/mol. The number of rotatable bonds is 10. The number of esters is 1. The topological polar surface area (TPSA) is 80.6 Å². The van der Waals surface area contributed by atoms with Gasteiger partial charge in [0.25, 0.3) is 5.91 Å². The molecule has 2 N–H and O–H groups in total. The van der Waals surface area contributed by atoms with Crippen molar-refractivity contribution in [1.29, 1.82) is 0 Å². The van der Waals surface area contributed by atoms with Crippen LogP contribution in [-0.2, 0) is 22.5 Å². The molecule has 2 aromatic carbocycles. The molecule has 150 valence electrons. The molecule has 3 rings (SSSR count). The predicted octanol–water partition coefficient (Wildman–Crippen LogP) is 3.80. The smallest absolute Gasteiger partial charge is 0.340 e. The summed E-state index contributed by atoms with van der Waals surface area (Å²) in [5.74, 6) is -0.109. The molecule has 0 atom stereocenters. The Hall–Kier alpha value is -3.54. The lowest BCUT2D eigenvalue weighted by Gasteiger charge is -2.11. The second-order valence-corrected chi connectivity index (χ2v) is 6.49. The lowest BCUT2D eigenvalue weighted by atomic mass is 10.1. The lowest BCUT2D eigenvalue weighted by Crippen LogP contribution is -2.30. The fourth-order valence-electron chi connectivity index (χ4n) is 2.84. The average molecular weight is 392 g/mol. The zero-order valence-corrected chi connectivity index (χ0v) is 16.1. The molecule has 29 heavy (non-hydrogen) atoms. The highest BCUT2D eigenvalue weighted by molar-refractivity contribution is 5.96. The lowest BCUT2D eigenvalue weighted by molar-refractivity contribution is -0.124. The molecule has 0 bridgehead atoms. The van der Waals surface area contributed by atoms with E-state index in [1.54, 1.807) is 30.5 Å². The van der Waals surface area contributed by atoms with Gasteiger partial charge in [-0.15, -0.1) is 0 Å². The Morgan fingerprint density at radius 1 is 0.931 bits per heavy atom. The first kappa shape index (κ1) is 20.2. The molecule has 0 radical (unpaired) electrons. The van der Waals surface area contributed by atoms with Gasteiger partial charge in [-0.25, -0.2) is 4.79 Å². The van der Waals surface area contributed by atoms with Gasteiger partial charge in [-0.1, -0.05) is 42.5 Å². The minimum atomic E-state index is -0.549. The molecule has 0 saturated carbocycles. The highest BCUT2D eigenvalue weighted by Gasteiger charge is 2.14.